The second kappa shape index (κ2) is 5.27. The van der Waals surface area contributed by atoms with Gasteiger partial charge in [0.15, 0.2) is 0 Å². The molecule has 1 rings (SSSR count). The Morgan fingerprint density at radius 3 is 2.00 bits per heavy atom. The minimum absolute atomic E-state index is 0. The van der Waals surface area contributed by atoms with Crippen molar-refractivity contribution in [3.05, 3.63) is 28.5 Å². The molecule has 0 bridgehead atoms. The molecule has 0 nitrogen and oxygen atoms in total. The van der Waals surface area contributed by atoms with Gasteiger partial charge in [-0.2, -0.15) is 0 Å². The second-order valence-corrected chi connectivity index (χ2v) is 3.06. The van der Waals surface area contributed by atoms with Crippen molar-refractivity contribution in [1.82, 2.24) is 0 Å². The zero-order valence-corrected chi connectivity index (χ0v) is 11.4. The van der Waals surface area contributed by atoms with Crippen LogP contribution in [0.15, 0.2) is 22.7 Å². The smallest absolute Gasteiger partial charge is 0.445 e. The summed E-state index contributed by atoms with van der Waals surface area (Å²) in [7, 11) is 0. The first-order valence-corrected chi connectivity index (χ1v) is 3.86. The van der Waals surface area contributed by atoms with Gasteiger partial charge in [-0.1, -0.05) is 33.5 Å². The SMILES string of the molecule is Fc1cccc(Br)c1[B-](F)(F)F.[K+]. The van der Waals surface area contributed by atoms with Crippen LogP contribution < -0.4 is 56.8 Å². The molecule has 0 aliphatic heterocycles. The quantitative estimate of drug-likeness (QED) is 0.487. The van der Waals surface area contributed by atoms with Crippen molar-refractivity contribution in [2.24, 2.45) is 0 Å². The van der Waals surface area contributed by atoms with Crippen LogP contribution in [-0.2, 0) is 0 Å². The summed E-state index contributed by atoms with van der Waals surface area (Å²) in [5.41, 5.74) is -1.20. The Labute approximate surface area is 124 Å². The van der Waals surface area contributed by atoms with Gasteiger partial charge in [-0.05, 0) is 10.5 Å². The molecule has 13 heavy (non-hydrogen) atoms. The summed E-state index contributed by atoms with van der Waals surface area (Å²) in [6.45, 7) is -5.28. The summed E-state index contributed by atoms with van der Waals surface area (Å²) in [6.07, 6.45) is 0. The van der Waals surface area contributed by atoms with Gasteiger partial charge in [-0.3, -0.25) is 0 Å². The molecule has 0 aliphatic carbocycles. The molecule has 0 aliphatic rings. The first-order chi connectivity index (χ1) is 5.43. The van der Waals surface area contributed by atoms with E-state index in [1.54, 1.807) is 0 Å². The summed E-state index contributed by atoms with van der Waals surface area (Å²) < 4.78 is 48.7. The Bertz CT molecular complexity index is 281. The minimum atomic E-state index is -5.28. The molecule has 0 spiro atoms. The van der Waals surface area contributed by atoms with Gasteiger partial charge in [0.2, 0.25) is 0 Å². The van der Waals surface area contributed by atoms with Crippen molar-refractivity contribution in [2.45, 2.75) is 0 Å². The van der Waals surface area contributed by atoms with Crippen molar-refractivity contribution in [3.8, 4) is 0 Å². The van der Waals surface area contributed by atoms with E-state index in [0.717, 1.165) is 12.1 Å². The van der Waals surface area contributed by atoms with Gasteiger partial charge in [-0.25, -0.2) is 4.39 Å². The van der Waals surface area contributed by atoms with Crippen LogP contribution in [0.4, 0.5) is 17.3 Å². The summed E-state index contributed by atoms with van der Waals surface area (Å²) in [5, 5.41) is 0. The Morgan fingerprint density at radius 1 is 1.15 bits per heavy atom. The van der Waals surface area contributed by atoms with Crippen LogP contribution >= 0.6 is 15.9 Å². The zero-order valence-electron chi connectivity index (χ0n) is 6.70. The van der Waals surface area contributed by atoms with Gasteiger partial charge in [0.05, 0.1) is 5.82 Å². The number of benzene rings is 1. The van der Waals surface area contributed by atoms with Crippen LogP contribution in [0.5, 0.6) is 0 Å². The van der Waals surface area contributed by atoms with E-state index in [1.165, 1.54) is 6.07 Å². The van der Waals surface area contributed by atoms with Crippen LogP contribution in [0.1, 0.15) is 0 Å². The fraction of sp³-hybridized carbons (Fsp3) is 0. The van der Waals surface area contributed by atoms with Gasteiger partial charge >= 0.3 is 58.4 Å². The van der Waals surface area contributed by atoms with Crippen LogP contribution in [-0.4, -0.2) is 6.98 Å². The number of rotatable bonds is 1. The molecule has 0 N–H and O–H groups in total. The number of hydrogen-bond donors (Lipinski definition) is 0. The third-order valence-corrected chi connectivity index (χ3v) is 2.02. The Morgan fingerprint density at radius 2 is 1.69 bits per heavy atom. The second-order valence-electron chi connectivity index (χ2n) is 2.21. The monoisotopic (exact) mass is 280 g/mol. The van der Waals surface area contributed by atoms with E-state index < -0.39 is 18.3 Å². The molecule has 0 unspecified atom stereocenters. The zero-order chi connectivity index (χ0) is 9.35. The number of hydrogen-bond acceptors (Lipinski definition) is 0. The van der Waals surface area contributed by atoms with Gasteiger partial charge in [0.1, 0.15) is 0 Å². The molecule has 0 heterocycles. The van der Waals surface area contributed by atoms with Crippen LogP contribution in [0.2, 0.25) is 0 Å². The Kier molecular flexibility index (Phi) is 5.73. The van der Waals surface area contributed by atoms with Crippen molar-refractivity contribution in [1.29, 1.82) is 0 Å². The van der Waals surface area contributed by atoms with Crippen LogP contribution in [0, 0.1) is 5.82 Å². The van der Waals surface area contributed by atoms with E-state index in [4.69, 9.17) is 0 Å². The molecular weight excluding hydrogens is 278 g/mol. The fourth-order valence-electron chi connectivity index (χ4n) is 0.823. The molecule has 66 valence electrons. The predicted octanol–water partition coefficient (Wildman–Crippen LogP) is -0.353. The average Bonchev–Trinajstić information content (AvgIpc) is 1.82. The standard InChI is InChI=1S/C6H3BBrF4.K/c8-4-2-1-3-5(9)6(4)7(10,11)12;/h1-3H;/q-1;+1. The third kappa shape index (κ3) is 3.64. The van der Waals surface area contributed by atoms with Gasteiger partial charge in [0, 0.05) is 0 Å². The van der Waals surface area contributed by atoms with Crippen LogP contribution in [0.3, 0.4) is 0 Å². The summed E-state index contributed by atoms with van der Waals surface area (Å²) in [5.74, 6) is -1.24. The van der Waals surface area contributed by atoms with Gasteiger partial charge in [0.25, 0.3) is 0 Å². The van der Waals surface area contributed by atoms with E-state index in [1.807, 2.05) is 0 Å². The maximum Gasteiger partial charge on any atom is 1.00 e. The fourth-order valence-corrected chi connectivity index (χ4v) is 1.42. The molecule has 0 fully saturated rings. The first kappa shape index (κ1) is 14.1. The van der Waals surface area contributed by atoms with Crippen LogP contribution in [0.25, 0.3) is 0 Å². The van der Waals surface area contributed by atoms with E-state index in [2.05, 4.69) is 15.9 Å². The maximum atomic E-state index is 12.6. The Hall–Kier alpha value is 1.12. The van der Waals surface area contributed by atoms with Crippen molar-refractivity contribution >= 4 is 28.4 Å². The normalized spacial score (nSPS) is 10.8. The molecule has 7 heteroatoms. The largest absolute Gasteiger partial charge is 1.00 e. The van der Waals surface area contributed by atoms with Gasteiger partial charge in [-0.15, -0.1) is 0 Å². The molecular formula is C6H3BBrF4K. The molecule has 1 aromatic rings. The summed E-state index contributed by atoms with van der Waals surface area (Å²) >= 11 is 2.64. The minimum Gasteiger partial charge on any atom is -0.445 e. The first-order valence-electron chi connectivity index (χ1n) is 3.07. The summed E-state index contributed by atoms with van der Waals surface area (Å²) in [6, 6.07) is 3.16. The summed E-state index contributed by atoms with van der Waals surface area (Å²) in [4.78, 5) is 0. The van der Waals surface area contributed by atoms with Gasteiger partial charge < -0.3 is 12.9 Å². The molecule has 0 radical (unpaired) electrons. The molecule has 0 amide bonds. The van der Waals surface area contributed by atoms with E-state index in [9.17, 15) is 17.3 Å². The topological polar surface area (TPSA) is 0 Å². The molecule has 1 aromatic carbocycles. The van der Waals surface area contributed by atoms with Crippen molar-refractivity contribution < 1.29 is 68.7 Å². The van der Waals surface area contributed by atoms with Crippen molar-refractivity contribution in [2.75, 3.05) is 0 Å². The van der Waals surface area contributed by atoms with Crippen molar-refractivity contribution in [3.63, 3.8) is 0 Å². The molecule has 0 saturated heterocycles. The molecule has 0 saturated carbocycles. The van der Waals surface area contributed by atoms with E-state index in [-0.39, 0.29) is 55.9 Å². The van der Waals surface area contributed by atoms with E-state index >= 15 is 0 Å². The predicted molar refractivity (Wildman–Crippen MR) is 42.8 cm³/mol. The third-order valence-electron chi connectivity index (χ3n) is 1.33. The van der Waals surface area contributed by atoms with E-state index in [0.29, 0.717) is 0 Å². The molecule has 0 aromatic heterocycles. The molecule has 0 atom stereocenters. The maximum absolute atomic E-state index is 12.6. The Balaban J connectivity index is 0.00000144. The average molecular weight is 281 g/mol. The number of halogens is 5.